The Balaban J connectivity index is 0.00000450. The monoisotopic (exact) mass is 1320 g/mol. The molecule has 0 bridgehead atoms. The number of Topliss-reactive ketones (excluding diaryl/α,β-unsaturated/α-hetero) is 1. The number of carbonyl (C=O) groups is 2. The lowest BCUT2D eigenvalue weighted by molar-refractivity contribution is -0.692. The summed E-state index contributed by atoms with van der Waals surface area (Å²) < 4.78 is 96.3. The van der Waals surface area contributed by atoms with Gasteiger partial charge >= 0.3 is 0 Å². The summed E-state index contributed by atoms with van der Waals surface area (Å²) in [5.41, 5.74) is 0. The molecular weight excluding hydrogens is 1240 g/mol. The highest BCUT2D eigenvalue weighted by molar-refractivity contribution is 7.43. The van der Waals surface area contributed by atoms with Crippen LogP contribution in [0.1, 0.15) is 12.8 Å². The van der Waals surface area contributed by atoms with E-state index in [1.807, 2.05) is 0 Å². The van der Waals surface area contributed by atoms with Gasteiger partial charge < -0.3 is 188 Å². The van der Waals surface area contributed by atoms with Crippen LogP contribution in [0.15, 0.2) is 0 Å². The van der Waals surface area contributed by atoms with E-state index < -0.39 is 259 Å². The summed E-state index contributed by atoms with van der Waals surface area (Å²) in [4.78, 5) is 58.8. The minimum absolute atomic E-state index is 0.125. The minimum atomic E-state index is -5.73. The fourth-order valence-electron chi connectivity index (χ4n) is 9.52. The maximum absolute atomic E-state index is 12.5. The van der Waals surface area contributed by atoms with Gasteiger partial charge in [0.05, 0.1) is 69.3 Å². The first kappa shape index (κ1) is 75.7. The molecule has 6 fully saturated rings. The molecule has 6 aliphatic rings. The number of carbonyl (C=O) groups excluding carboxylic acids is 2. The van der Waals surface area contributed by atoms with Crippen molar-refractivity contribution in [3.05, 3.63) is 0 Å². The quantitative estimate of drug-likeness (QED) is 0.0150. The number of aliphatic hydroxyl groups is 17. The molecule has 0 aromatic rings. The van der Waals surface area contributed by atoms with Crippen LogP contribution in [0.4, 0.5) is 0 Å². The van der Waals surface area contributed by atoms with Gasteiger partial charge in [0.15, 0.2) is 43.5 Å². The Labute approximate surface area is 492 Å². The molecule has 0 radical (unpaired) electrons. The molecule has 0 saturated carbocycles. The molecule has 43 heteroatoms. The third-order valence-electron chi connectivity index (χ3n) is 14.3. The predicted octanol–water partition coefficient (Wildman–Crippen LogP) is -16.3. The van der Waals surface area contributed by atoms with Crippen LogP contribution in [0, 0.1) is 0 Å². The third kappa shape index (κ3) is 20.0. The van der Waals surface area contributed by atoms with Crippen LogP contribution < -0.4 is 25.3 Å². The summed E-state index contributed by atoms with van der Waals surface area (Å²) in [5.74, 6) is -1.08. The van der Waals surface area contributed by atoms with E-state index in [-0.39, 0.29) is 26.0 Å². The van der Waals surface area contributed by atoms with Gasteiger partial charge in [0, 0.05) is 13.5 Å². The van der Waals surface area contributed by atoms with E-state index in [1.54, 1.807) is 0 Å². The second-order valence-electron chi connectivity index (χ2n) is 20.3. The summed E-state index contributed by atoms with van der Waals surface area (Å²) in [6, 6.07) is 0. The van der Waals surface area contributed by atoms with Crippen molar-refractivity contribution in [3.8, 4) is 0 Å². The van der Waals surface area contributed by atoms with Gasteiger partial charge in [-0.2, -0.15) is 0 Å². The van der Waals surface area contributed by atoms with Crippen LogP contribution in [0.3, 0.4) is 0 Å². The number of phosphoric ester groups is 1. The Morgan fingerprint density at radius 1 is 0.494 bits per heavy atom. The maximum Gasteiger partial charge on any atom is 0.220 e. The first-order valence-electron chi connectivity index (χ1n) is 26.4. The zero-order valence-electron chi connectivity index (χ0n) is 45.5. The number of methoxy groups -OCH3 is 1. The lowest BCUT2D eigenvalue weighted by Crippen LogP contribution is -2.67. The van der Waals surface area contributed by atoms with Gasteiger partial charge in [-0.3, -0.25) is 14.2 Å². The molecule has 87 heavy (non-hydrogen) atoms. The zero-order valence-corrected chi connectivity index (χ0v) is 47.3. The van der Waals surface area contributed by atoms with Gasteiger partial charge in [-0.25, -0.2) is 0 Å². The molecule has 0 aromatic heterocycles. The fraction of sp³-hybridized carbons (Fsp3) is 0.955. The molecule has 12 unspecified atom stereocenters. The Kier molecular flexibility index (Phi) is 30.8. The number of rotatable bonds is 28. The maximum atomic E-state index is 12.5. The summed E-state index contributed by atoms with van der Waals surface area (Å²) in [5, 5.41) is 197. The number of hydrogen-bond acceptors (Lipinski definition) is 40. The molecular formula is C44H73NO40P2-4. The van der Waals surface area contributed by atoms with Crippen molar-refractivity contribution in [2.24, 2.45) is 0 Å². The van der Waals surface area contributed by atoms with Gasteiger partial charge in [-0.1, -0.05) is 0 Å². The van der Waals surface area contributed by atoms with Gasteiger partial charge in [-0.15, -0.1) is 0 Å². The second kappa shape index (κ2) is 35.3. The Morgan fingerprint density at radius 2 is 0.885 bits per heavy atom. The first-order valence-corrected chi connectivity index (χ1v) is 28.6. The number of phosphoric acid groups is 1. The zero-order chi connectivity index (χ0) is 64.8. The lowest BCUT2D eigenvalue weighted by Gasteiger charge is -2.49. The average Bonchev–Trinajstić information content (AvgIpc) is 1.26. The highest BCUT2D eigenvalue weighted by Gasteiger charge is 2.56. The van der Waals surface area contributed by atoms with Gasteiger partial charge in [0.25, 0.3) is 0 Å². The average molecular weight is 1320 g/mol. The third-order valence-corrected chi connectivity index (χ3v) is 14.7. The van der Waals surface area contributed by atoms with Crippen LogP contribution in [0.25, 0.3) is 0 Å². The molecule has 41 nitrogen and oxygen atoms in total. The predicted molar refractivity (Wildman–Crippen MR) is 255 cm³/mol. The Bertz CT molecular complexity index is 2110. The number of aliphatic hydroxyl groups excluding tert-OH is 17. The summed E-state index contributed by atoms with van der Waals surface area (Å²) >= 11 is 0. The standard InChI is InChI=1S/C44H76NO38P.HO2P/c1-69-8-13(48)5-45-20(49)3-2-4-70-40-35(64)36(81-44-38(31(60)22(51)15(7-47)76-44)83-42-34(63)29(58)25(54)19(80-42)12-74-84(66,67)68)26(55)17(78-40)10-71-39-32(61)27(56)23(52)16(77-39)9-72-43-37(30(59)21(50)14(6-46)75-43)82-41-33(62)28(57)24(53)18(79-41)11-73-65;1-3-2/h14-19,21-44,46-47,50-65H,2-12H2,1H3,(H,45,49)(H2,66,67,68);(H,1,2)/p-4/t14?,15?,16?,17?,18?,19?,21-,22-,23-,24-,25-,26-,27+,28+,29+,30+,31+,32?,33?,34?,35?,36+,37?,38?,39+,40-,41+,42-,43+,44-;/m1./s1. The molecule has 30 atom stereocenters. The van der Waals surface area contributed by atoms with Crippen molar-refractivity contribution < 1.29 is 196 Å². The summed E-state index contributed by atoms with van der Waals surface area (Å²) in [7, 11) is -5.54. The molecule has 1 amide bonds. The highest BCUT2D eigenvalue weighted by Crippen LogP contribution is 2.36. The number of nitrogens with one attached hydrogen (secondary N) is 1. The topological polar surface area (TPSA) is 655 Å². The molecule has 6 saturated heterocycles. The van der Waals surface area contributed by atoms with Crippen molar-refractivity contribution in [1.82, 2.24) is 5.32 Å². The number of ketones is 1. The van der Waals surface area contributed by atoms with Crippen molar-refractivity contribution in [2.75, 3.05) is 66.5 Å². The smallest absolute Gasteiger partial charge is 0.220 e. The van der Waals surface area contributed by atoms with Gasteiger partial charge in [0.1, 0.15) is 153 Å². The van der Waals surface area contributed by atoms with E-state index in [1.165, 1.54) is 7.11 Å². The molecule has 508 valence electrons. The van der Waals surface area contributed by atoms with Crippen LogP contribution in [0.5, 0.6) is 0 Å². The van der Waals surface area contributed by atoms with Crippen LogP contribution in [0.2, 0.25) is 0 Å². The van der Waals surface area contributed by atoms with Gasteiger partial charge in [-0.05, 0) is 6.42 Å². The Hall–Kier alpha value is -1.97. The largest absolute Gasteiger partial charge is 0.790 e. The number of amides is 1. The molecule has 6 heterocycles. The van der Waals surface area contributed by atoms with Crippen LogP contribution in [-0.2, 0) is 89.7 Å². The van der Waals surface area contributed by atoms with E-state index in [0.29, 0.717) is 0 Å². The van der Waals surface area contributed by atoms with Crippen molar-refractivity contribution >= 4 is 28.2 Å². The van der Waals surface area contributed by atoms with E-state index in [9.17, 15) is 116 Å². The van der Waals surface area contributed by atoms with E-state index in [2.05, 4.69) is 14.7 Å². The highest BCUT2D eigenvalue weighted by atomic mass is 31.2. The Morgan fingerprint density at radius 3 is 1.37 bits per heavy atom. The first-order chi connectivity index (χ1) is 41.1. The molecule has 0 aliphatic carbocycles. The van der Waals surface area contributed by atoms with E-state index in [0.717, 1.165) is 0 Å². The van der Waals surface area contributed by atoms with Crippen LogP contribution in [-0.4, -0.2) is 349 Å². The summed E-state index contributed by atoms with van der Waals surface area (Å²) in [6.45, 7) is -7.09. The fourth-order valence-corrected chi connectivity index (χ4v) is 9.84. The van der Waals surface area contributed by atoms with Gasteiger partial charge in [0.2, 0.25) is 5.91 Å². The molecule has 0 spiro atoms. The number of ether oxygens (including phenoxy) is 13. The van der Waals surface area contributed by atoms with Crippen LogP contribution >= 0.6 is 16.5 Å². The molecule has 18 N–H and O–H groups in total. The SMILES string of the molecule is COCC(=O)CNC(=O)CCCO[C@@H]1OC(CO[C@H]2OC(CO[C@H]3OC(CO)[C@@H](O)[C@H](O)C3O[C@@H]3OC(CO[O-])[C@@H](O)[C@H](O)C3O)[C@@H](O)[C@H](O)C2O)[C@@H](O)[C@H](O[C@H]2OC(CO)[C@@H](O)[C@H](O)C2O[C@H]2OC(COP(=O)([O-])[O-])[C@@H](O)[C@H](O)C2O)C1O.O=P[O-]. The number of hydrogen-bond donors (Lipinski definition) is 18. The normalized spacial score (nSPS) is 43.7. The molecule has 6 aliphatic heterocycles. The molecule has 6 rings (SSSR count). The minimum Gasteiger partial charge on any atom is -0.790 e. The van der Waals surface area contributed by atoms with Crippen molar-refractivity contribution in [3.63, 3.8) is 0 Å². The van der Waals surface area contributed by atoms with E-state index in [4.69, 9.17) is 71.0 Å². The van der Waals surface area contributed by atoms with E-state index >= 15 is 0 Å². The molecule has 0 aromatic carbocycles. The second-order valence-corrected chi connectivity index (χ2v) is 21.6. The summed E-state index contributed by atoms with van der Waals surface area (Å²) in [6.07, 6.45) is -61.1. The lowest BCUT2D eigenvalue weighted by atomic mass is 9.96. The van der Waals surface area contributed by atoms with Crippen molar-refractivity contribution in [1.29, 1.82) is 0 Å². The van der Waals surface area contributed by atoms with Crippen molar-refractivity contribution in [2.45, 2.75) is 197 Å².